The second kappa shape index (κ2) is 6.37. The third-order valence-electron chi connectivity index (χ3n) is 4.05. The number of anilines is 1. The number of imidazole rings is 1. The highest BCUT2D eigenvalue weighted by molar-refractivity contribution is 5.77. The summed E-state index contributed by atoms with van der Waals surface area (Å²) in [6.45, 7) is 4.89. The van der Waals surface area contributed by atoms with Crippen molar-refractivity contribution in [3.8, 4) is 0 Å². The molecule has 1 aliphatic rings. The largest absolute Gasteiger partial charge is 0.444 e. The number of benzene rings is 1. The minimum Gasteiger partial charge on any atom is -0.444 e. The summed E-state index contributed by atoms with van der Waals surface area (Å²) in [4.78, 5) is 20.7. The third-order valence-corrected chi connectivity index (χ3v) is 4.05. The molecule has 1 aromatic carbocycles. The topological polar surface area (TPSA) is 70.2 Å². The van der Waals surface area contributed by atoms with Gasteiger partial charge in [-0.15, -0.1) is 0 Å². The lowest BCUT2D eigenvalue weighted by molar-refractivity contribution is -0.0537. The van der Waals surface area contributed by atoms with Gasteiger partial charge in [0, 0.05) is 19.5 Å². The molecule has 0 saturated carbocycles. The molecule has 1 aromatic heterocycles. The third kappa shape index (κ3) is 4.03. The fourth-order valence-electron chi connectivity index (χ4n) is 2.82. The summed E-state index contributed by atoms with van der Waals surface area (Å²) >= 11 is 0. The Bertz CT molecular complexity index is 816. The van der Waals surface area contributed by atoms with Crippen LogP contribution in [0.25, 0.3) is 11.0 Å². The monoisotopic (exact) mass is 370 g/mol. The molecule has 9 heteroatoms. The molecule has 0 bridgehead atoms. The number of alkyl carbamates (subject to hydrolysis) is 1. The molecule has 2 N–H and O–H groups in total. The Balaban J connectivity index is 1.76. The smallest absolute Gasteiger partial charge is 0.408 e. The lowest BCUT2D eigenvalue weighted by Crippen LogP contribution is -2.59. The van der Waals surface area contributed by atoms with Crippen LogP contribution >= 0.6 is 0 Å². The van der Waals surface area contributed by atoms with Crippen molar-refractivity contribution in [3.63, 3.8) is 0 Å². The maximum atomic E-state index is 14.2. The number of aromatic nitrogens is 2. The lowest BCUT2D eigenvalue weighted by atomic mass is 10.0. The summed E-state index contributed by atoms with van der Waals surface area (Å²) in [6.07, 6.45) is -1.34. The number of alkyl halides is 2. The number of piperidine rings is 1. The van der Waals surface area contributed by atoms with Crippen molar-refractivity contribution in [2.75, 3.05) is 18.0 Å². The highest BCUT2D eigenvalue weighted by Gasteiger charge is 2.46. The van der Waals surface area contributed by atoms with E-state index in [4.69, 9.17) is 4.74 Å². The summed E-state index contributed by atoms with van der Waals surface area (Å²) in [7, 11) is 0. The van der Waals surface area contributed by atoms with Crippen LogP contribution in [0.1, 0.15) is 27.2 Å². The number of carbonyl (C=O) groups is 1. The van der Waals surface area contributed by atoms with E-state index >= 15 is 0 Å². The van der Waals surface area contributed by atoms with Gasteiger partial charge in [-0.2, -0.15) is 0 Å². The molecule has 0 unspecified atom stereocenters. The number of fused-ring (bicyclic) bond motifs is 1. The van der Waals surface area contributed by atoms with E-state index in [-0.39, 0.29) is 13.1 Å². The zero-order chi connectivity index (χ0) is 19.1. The molecule has 2 heterocycles. The van der Waals surface area contributed by atoms with Crippen LogP contribution in [0.4, 0.5) is 23.9 Å². The fraction of sp³-hybridized carbons (Fsp3) is 0.529. The molecule has 0 aliphatic carbocycles. The van der Waals surface area contributed by atoms with Crippen LogP contribution in [0.3, 0.4) is 0 Å². The molecule has 1 fully saturated rings. The Morgan fingerprint density at radius 2 is 2.15 bits per heavy atom. The number of amides is 1. The number of nitrogens with one attached hydrogen (secondary N) is 2. The van der Waals surface area contributed by atoms with Gasteiger partial charge >= 0.3 is 6.09 Å². The first-order chi connectivity index (χ1) is 12.0. The molecule has 0 radical (unpaired) electrons. The molecule has 26 heavy (non-hydrogen) atoms. The van der Waals surface area contributed by atoms with Gasteiger partial charge in [-0.05, 0) is 39.0 Å². The fourth-order valence-corrected chi connectivity index (χ4v) is 2.82. The Morgan fingerprint density at radius 3 is 2.85 bits per heavy atom. The van der Waals surface area contributed by atoms with E-state index in [0.29, 0.717) is 17.0 Å². The average molecular weight is 370 g/mol. The predicted molar refractivity (Wildman–Crippen MR) is 91.0 cm³/mol. The molecule has 1 aliphatic heterocycles. The first kappa shape index (κ1) is 18.3. The lowest BCUT2D eigenvalue weighted by Gasteiger charge is -2.38. The number of nitrogens with zero attached hydrogens (tertiary/aromatic N) is 2. The Hall–Kier alpha value is -2.45. The Kier molecular flexibility index (Phi) is 4.49. The minimum atomic E-state index is -3.06. The van der Waals surface area contributed by atoms with Crippen molar-refractivity contribution in [1.82, 2.24) is 15.3 Å². The molecule has 6 nitrogen and oxygen atoms in total. The zero-order valence-electron chi connectivity index (χ0n) is 14.8. The molecular formula is C17H21F3N4O2. The predicted octanol–water partition coefficient (Wildman–Crippen LogP) is 3.44. The van der Waals surface area contributed by atoms with E-state index < -0.39 is 35.9 Å². The van der Waals surface area contributed by atoms with Crippen molar-refractivity contribution in [2.24, 2.45) is 0 Å². The standard InChI is InChI=1S/C17H21F3N4O2/c1-16(2,3)26-15(25)23-13-9-24(7-6-17(13,19)20)14-21-11-5-4-10(18)8-12(11)22-14/h4-5,8,13H,6-7,9H2,1-3H3,(H,21,22)(H,23,25)/t13-/m1/s1. The van der Waals surface area contributed by atoms with Gasteiger partial charge < -0.3 is 19.9 Å². The van der Waals surface area contributed by atoms with E-state index in [2.05, 4.69) is 15.3 Å². The summed E-state index contributed by atoms with van der Waals surface area (Å²) in [5.41, 5.74) is 0.237. The second-order valence-electron chi connectivity index (χ2n) is 7.38. The molecule has 1 amide bonds. The normalized spacial score (nSPS) is 20.2. The van der Waals surface area contributed by atoms with Crippen LogP contribution in [0.15, 0.2) is 18.2 Å². The van der Waals surface area contributed by atoms with E-state index in [0.717, 1.165) is 0 Å². The first-order valence-corrected chi connectivity index (χ1v) is 8.31. The number of aromatic amines is 1. The van der Waals surface area contributed by atoms with Crippen LogP contribution in [-0.4, -0.2) is 46.7 Å². The second-order valence-corrected chi connectivity index (χ2v) is 7.38. The van der Waals surface area contributed by atoms with Gasteiger partial charge in [-0.25, -0.2) is 22.9 Å². The van der Waals surface area contributed by atoms with Crippen LogP contribution in [0.2, 0.25) is 0 Å². The van der Waals surface area contributed by atoms with Crippen LogP contribution < -0.4 is 10.2 Å². The van der Waals surface area contributed by atoms with Crippen molar-refractivity contribution < 1.29 is 22.7 Å². The SMILES string of the molecule is CC(C)(C)OC(=O)N[C@@H]1CN(c2nc3ccc(F)cc3[nH]2)CCC1(F)F. The van der Waals surface area contributed by atoms with Gasteiger partial charge in [0.15, 0.2) is 0 Å². The van der Waals surface area contributed by atoms with Gasteiger partial charge in [0.25, 0.3) is 5.92 Å². The minimum absolute atomic E-state index is 0.0573. The van der Waals surface area contributed by atoms with Gasteiger partial charge in [0.05, 0.1) is 11.0 Å². The number of hydrogen-bond acceptors (Lipinski definition) is 4. The van der Waals surface area contributed by atoms with Crippen LogP contribution in [0, 0.1) is 5.82 Å². The van der Waals surface area contributed by atoms with Gasteiger partial charge in [0.1, 0.15) is 17.5 Å². The molecule has 1 saturated heterocycles. The quantitative estimate of drug-likeness (QED) is 0.850. The highest BCUT2D eigenvalue weighted by Crippen LogP contribution is 2.31. The molecule has 142 valence electrons. The zero-order valence-corrected chi connectivity index (χ0v) is 14.8. The summed E-state index contributed by atoms with van der Waals surface area (Å²) in [5.74, 6) is -3.12. The maximum absolute atomic E-state index is 14.2. The maximum Gasteiger partial charge on any atom is 0.408 e. The molecule has 3 rings (SSSR count). The van der Waals surface area contributed by atoms with Crippen LogP contribution in [-0.2, 0) is 4.74 Å². The van der Waals surface area contributed by atoms with Crippen LogP contribution in [0.5, 0.6) is 0 Å². The number of H-pyrrole nitrogens is 1. The highest BCUT2D eigenvalue weighted by atomic mass is 19.3. The number of carbonyl (C=O) groups excluding carboxylic acids is 1. The van der Waals surface area contributed by atoms with Gasteiger partial charge in [0.2, 0.25) is 5.95 Å². The number of ether oxygens (including phenoxy) is 1. The van der Waals surface area contributed by atoms with Crippen molar-refractivity contribution in [2.45, 2.75) is 44.8 Å². The summed E-state index contributed by atoms with van der Waals surface area (Å²) in [6, 6.07) is 2.67. The van der Waals surface area contributed by atoms with E-state index in [1.807, 2.05) is 0 Å². The Labute approximate surface area is 148 Å². The first-order valence-electron chi connectivity index (χ1n) is 8.31. The average Bonchev–Trinajstić information content (AvgIpc) is 2.90. The van der Waals surface area contributed by atoms with Crippen molar-refractivity contribution >= 4 is 23.1 Å². The summed E-state index contributed by atoms with van der Waals surface area (Å²) < 4.78 is 46.8. The number of rotatable bonds is 2. The van der Waals surface area contributed by atoms with E-state index in [1.54, 1.807) is 25.7 Å². The molecule has 1 atom stereocenters. The number of halogens is 3. The van der Waals surface area contributed by atoms with Gasteiger partial charge in [-0.1, -0.05) is 0 Å². The van der Waals surface area contributed by atoms with E-state index in [1.165, 1.54) is 18.2 Å². The Morgan fingerprint density at radius 1 is 1.42 bits per heavy atom. The van der Waals surface area contributed by atoms with Crippen molar-refractivity contribution in [1.29, 1.82) is 0 Å². The molecule has 2 aromatic rings. The molecule has 0 spiro atoms. The van der Waals surface area contributed by atoms with Crippen molar-refractivity contribution in [3.05, 3.63) is 24.0 Å². The number of hydrogen-bond donors (Lipinski definition) is 2. The van der Waals surface area contributed by atoms with E-state index in [9.17, 15) is 18.0 Å². The summed E-state index contributed by atoms with van der Waals surface area (Å²) in [5, 5.41) is 2.25. The molecular weight excluding hydrogens is 349 g/mol. The van der Waals surface area contributed by atoms with Gasteiger partial charge in [-0.3, -0.25) is 0 Å².